The minimum Gasteiger partial charge on any atom is -0.494 e. The minimum absolute atomic E-state index is 0.162. The highest BCUT2D eigenvalue weighted by molar-refractivity contribution is 7.80. The van der Waals surface area contributed by atoms with Crippen molar-refractivity contribution in [3.05, 3.63) is 53.8 Å². The van der Waals surface area contributed by atoms with Crippen molar-refractivity contribution in [2.45, 2.75) is 33.2 Å². The maximum atomic E-state index is 12.5. The average molecular weight is 375 g/mol. The Morgan fingerprint density at radius 3 is 2.65 bits per heavy atom. The van der Waals surface area contributed by atoms with Crippen LogP contribution >= 0.6 is 12.2 Å². The minimum atomic E-state index is -0.396. The summed E-state index contributed by atoms with van der Waals surface area (Å²) in [6.45, 7) is 10.6. The molecular weight excluding hydrogens is 348 g/mol. The number of ether oxygens (including phenoxy) is 2. The van der Waals surface area contributed by atoms with Gasteiger partial charge in [-0.05, 0) is 49.2 Å². The van der Waals surface area contributed by atoms with Gasteiger partial charge in [0.25, 0.3) is 0 Å². The summed E-state index contributed by atoms with van der Waals surface area (Å²) in [5, 5.41) is 6.60. The van der Waals surface area contributed by atoms with Crippen LogP contribution in [0.1, 0.15) is 38.8 Å². The van der Waals surface area contributed by atoms with Crippen molar-refractivity contribution in [1.82, 2.24) is 10.6 Å². The summed E-state index contributed by atoms with van der Waals surface area (Å²) in [5.41, 5.74) is 2.11. The predicted octanol–water partition coefficient (Wildman–Crippen LogP) is 3.63. The molecule has 2 N–H and O–H groups in total. The summed E-state index contributed by atoms with van der Waals surface area (Å²) in [5.74, 6) is 1.01. The summed E-state index contributed by atoms with van der Waals surface area (Å²) in [4.78, 5) is 12.5. The van der Waals surface area contributed by atoms with Crippen LogP contribution in [-0.2, 0) is 9.53 Å². The molecule has 1 unspecified atom stereocenters. The van der Waals surface area contributed by atoms with Gasteiger partial charge < -0.3 is 20.1 Å². The number of carbonyl (C=O) groups excluding carboxylic acids is 1. The van der Waals surface area contributed by atoms with Crippen LogP contribution in [0.5, 0.6) is 5.75 Å². The molecule has 1 aromatic carbocycles. The van der Waals surface area contributed by atoms with Gasteiger partial charge in [-0.3, -0.25) is 0 Å². The Morgan fingerprint density at radius 2 is 2.04 bits per heavy atom. The van der Waals surface area contributed by atoms with Gasteiger partial charge in [0.15, 0.2) is 5.11 Å². The predicted molar refractivity (Wildman–Crippen MR) is 107 cm³/mol. The van der Waals surface area contributed by atoms with Gasteiger partial charge in [-0.25, -0.2) is 4.79 Å². The third-order valence-corrected chi connectivity index (χ3v) is 4.22. The molecule has 1 atom stereocenters. The molecule has 0 aromatic heterocycles. The lowest BCUT2D eigenvalue weighted by Gasteiger charge is -2.29. The first-order chi connectivity index (χ1) is 12.4. The molecule has 5 nitrogen and oxygen atoms in total. The molecule has 0 radical (unpaired) electrons. The fraction of sp³-hybridized carbons (Fsp3) is 0.400. The summed E-state index contributed by atoms with van der Waals surface area (Å²) in [6.07, 6.45) is 2.55. The van der Waals surface area contributed by atoms with Crippen molar-refractivity contribution in [1.29, 1.82) is 0 Å². The second-order valence-corrected chi connectivity index (χ2v) is 6.97. The molecule has 0 saturated carbocycles. The molecule has 2 rings (SSSR count). The molecule has 6 heteroatoms. The molecule has 0 aliphatic carbocycles. The molecule has 1 aliphatic heterocycles. The lowest BCUT2D eigenvalue weighted by Crippen LogP contribution is -2.45. The van der Waals surface area contributed by atoms with Crippen molar-refractivity contribution in [3.63, 3.8) is 0 Å². The Labute approximate surface area is 160 Å². The van der Waals surface area contributed by atoms with Crippen LogP contribution in [0.3, 0.4) is 0 Å². The summed E-state index contributed by atoms with van der Waals surface area (Å²) in [6, 6.07) is 7.31. The SMILES string of the molecule is C=CCOC(=O)C1=C(C)NC(=S)NC1c1ccc(OCCC(C)C)cc1. The van der Waals surface area contributed by atoms with Gasteiger partial charge >= 0.3 is 5.97 Å². The van der Waals surface area contributed by atoms with E-state index >= 15 is 0 Å². The molecule has 1 aromatic rings. The molecule has 1 heterocycles. The van der Waals surface area contributed by atoms with Gasteiger partial charge in [-0.1, -0.05) is 38.6 Å². The molecular formula is C20H26N2O3S. The molecule has 0 spiro atoms. The van der Waals surface area contributed by atoms with Crippen molar-refractivity contribution >= 4 is 23.3 Å². The van der Waals surface area contributed by atoms with Crippen molar-refractivity contribution in [3.8, 4) is 5.75 Å². The zero-order chi connectivity index (χ0) is 19.1. The van der Waals surface area contributed by atoms with E-state index in [0.717, 1.165) is 17.7 Å². The van der Waals surface area contributed by atoms with Crippen molar-refractivity contribution < 1.29 is 14.3 Å². The van der Waals surface area contributed by atoms with E-state index < -0.39 is 5.97 Å². The number of nitrogens with one attached hydrogen (secondary N) is 2. The Kier molecular flexibility index (Phi) is 7.21. The largest absolute Gasteiger partial charge is 0.494 e. The van der Waals surface area contributed by atoms with Gasteiger partial charge in [0.05, 0.1) is 18.2 Å². The number of hydrogen-bond donors (Lipinski definition) is 2. The number of hydrogen-bond acceptors (Lipinski definition) is 4. The van der Waals surface area contributed by atoms with Crippen LogP contribution in [0.15, 0.2) is 48.2 Å². The number of thiocarbonyl (C=S) groups is 1. The van der Waals surface area contributed by atoms with Gasteiger partial charge in [0.1, 0.15) is 12.4 Å². The smallest absolute Gasteiger partial charge is 0.338 e. The topological polar surface area (TPSA) is 59.6 Å². The fourth-order valence-corrected chi connectivity index (χ4v) is 2.87. The lowest BCUT2D eigenvalue weighted by molar-refractivity contribution is -0.138. The van der Waals surface area contributed by atoms with E-state index in [4.69, 9.17) is 21.7 Å². The van der Waals surface area contributed by atoms with E-state index in [1.807, 2.05) is 31.2 Å². The van der Waals surface area contributed by atoms with Crippen LogP contribution in [0.25, 0.3) is 0 Å². The fourth-order valence-electron chi connectivity index (χ4n) is 2.60. The van der Waals surface area contributed by atoms with E-state index in [2.05, 4.69) is 31.1 Å². The van der Waals surface area contributed by atoms with Crippen LogP contribution < -0.4 is 15.4 Å². The Hall–Kier alpha value is -2.34. The van der Waals surface area contributed by atoms with Gasteiger partial charge in [-0.2, -0.15) is 0 Å². The third kappa shape index (κ3) is 5.33. The number of esters is 1. The van der Waals surface area contributed by atoms with Gasteiger partial charge in [0.2, 0.25) is 0 Å². The van der Waals surface area contributed by atoms with E-state index in [0.29, 0.717) is 28.9 Å². The Balaban J connectivity index is 2.18. The van der Waals surface area contributed by atoms with Crippen LogP contribution in [-0.4, -0.2) is 24.3 Å². The lowest BCUT2D eigenvalue weighted by atomic mass is 9.95. The van der Waals surface area contributed by atoms with Gasteiger partial charge in [0, 0.05) is 5.70 Å². The van der Waals surface area contributed by atoms with Crippen LogP contribution in [0.2, 0.25) is 0 Å². The third-order valence-electron chi connectivity index (χ3n) is 4.00. The number of rotatable bonds is 8. The van der Waals surface area contributed by atoms with Crippen LogP contribution in [0, 0.1) is 5.92 Å². The first-order valence-electron chi connectivity index (χ1n) is 8.71. The second kappa shape index (κ2) is 9.38. The van der Waals surface area contributed by atoms with E-state index in [1.54, 1.807) is 6.08 Å². The van der Waals surface area contributed by atoms with E-state index in [1.165, 1.54) is 0 Å². The second-order valence-electron chi connectivity index (χ2n) is 6.56. The molecule has 0 bridgehead atoms. The number of carbonyl (C=O) groups is 1. The normalized spacial score (nSPS) is 16.8. The van der Waals surface area contributed by atoms with Gasteiger partial charge in [-0.15, -0.1) is 0 Å². The zero-order valence-corrected chi connectivity index (χ0v) is 16.3. The quantitative estimate of drug-likeness (QED) is 0.412. The average Bonchev–Trinajstić information content (AvgIpc) is 2.59. The molecule has 26 heavy (non-hydrogen) atoms. The Morgan fingerprint density at radius 1 is 1.35 bits per heavy atom. The Bertz CT molecular complexity index is 696. The van der Waals surface area contributed by atoms with E-state index in [-0.39, 0.29) is 12.6 Å². The maximum Gasteiger partial charge on any atom is 0.338 e. The highest BCUT2D eigenvalue weighted by Gasteiger charge is 2.30. The summed E-state index contributed by atoms with van der Waals surface area (Å²) in [7, 11) is 0. The van der Waals surface area contributed by atoms with Crippen molar-refractivity contribution in [2.24, 2.45) is 5.92 Å². The number of allylic oxidation sites excluding steroid dienone is 1. The summed E-state index contributed by atoms with van der Waals surface area (Å²) >= 11 is 5.24. The first-order valence-corrected chi connectivity index (χ1v) is 9.12. The summed E-state index contributed by atoms with van der Waals surface area (Å²) < 4.78 is 11.0. The standard InChI is InChI=1S/C20H26N2O3S/c1-5-11-25-19(23)17-14(4)21-20(26)22-18(17)15-6-8-16(9-7-15)24-12-10-13(2)3/h5-9,13,18H,1,10-12H2,2-4H3,(H2,21,22,26). The molecule has 0 fully saturated rings. The van der Waals surface area contributed by atoms with Crippen molar-refractivity contribution in [2.75, 3.05) is 13.2 Å². The highest BCUT2D eigenvalue weighted by atomic mass is 32.1. The first kappa shape index (κ1) is 20.0. The monoisotopic (exact) mass is 374 g/mol. The van der Waals surface area contributed by atoms with E-state index in [9.17, 15) is 4.79 Å². The maximum absolute atomic E-state index is 12.5. The zero-order valence-electron chi connectivity index (χ0n) is 15.5. The highest BCUT2D eigenvalue weighted by Crippen LogP contribution is 2.29. The molecule has 0 saturated heterocycles. The number of benzene rings is 1. The molecule has 0 amide bonds. The molecule has 1 aliphatic rings. The molecule has 140 valence electrons. The van der Waals surface area contributed by atoms with Crippen LogP contribution in [0.4, 0.5) is 0 Å².